The second-order valence-electron chi connectivity index (χ2n) is 7.90. The summed E-state index contributed by atoms with van der Waals surface area (Å²) in [5, 5.41) is 4.98. The van der Waals surface area contributed by atoms with Gasteiger partial charge in [0.1, 0.15) is 12.4 Å². The number of hydrogen-bond acceptors (Lipinski definition) is 4. The number of rotatable bonds is 10. The Morgan fingerprint density at radius 2 is 1.78 bits per heavy atom. The average molecular weight is 455 g/mol. The van der Waals surface area contributed by atoms with E-state index >= 15 is 0 Å². The summed E-state index contributed by atoms with van der Waals surface area (Å²) >= 11 is 0. The Balaban J connectivity index is 1.47. The molecule has 3 aromatic rings. The largest absolute Gasteiger partial charge is 0.491 e. The van der Waals surface area contributed by atoms with Gasteiger partial charge in [0.15, 0.2) is 0 Å². The number of nitrogens with one attached hydrogen (secondary N) is 1. The lowest BCUT2D eigenvalue weighted by Gasteiger charge is -2.24. The molecule has 0 heterocycles. The van der Waals surface area contributed by atoms with Crippen molar-refractivity contribution in [3.63, 3.8) is 0 Å². The third kappa shape index (κ3) is 6.23. The van der Waals surface area contributed by atoms with Crippen LogP contribution in [-0.4, -0.2) is 40.3 Å². The molecule has 0 aliphatic rings. The van der Waals surface area contributed by atoms with Crippen molar-refractivity contribution in [1.82, 2.24) is 5.32 Å². The van der Waals surface area contributed by atoms with Crippen LogP contribution in [0.5, 0.6) is 5.75 Å². The number of aryl methyl sites for hydroxylation is 2. The van der Waals surface area contributed by atoms with Crippen molar-refractivity contribution in [1.29, 1.82) is 0 Å². The average Bonchev–Trinajstić information content (AvgIpc) is 2.75. The summed E-state index contributed by atoms with van der Waals surface area (Å²) in [7, 11) is -3.44. The van der Waals surface area contributed by atoms with E-state index in [1.807, 2.05) is 74.5 Å². The molecule has 0 atom stereocenters. The van der Waals surface area contributed by atoms with Crippen LogP contribution in [0, 0.1) is 13.8 Å². The molecular formula is C25H30N2O4S. The van der Waals surface area contributed by atoms with Crippen molar-refractivity contribution in [3.05, 3.63) is 71.8 Å². The van der Waals surface area contributed by atoms with E-state index in [2.05, 4.69) is 5.32 Å². The molecule has 3 rings (SSSR count). The number of anilines is 1. The van der Waals surface area contributed by atoms with Crippen LogP contribution < -0.4 is 14.4 Å². The second kappa shape index (κ2) is 10.5. The molecule has 0 saturated carbocycles. The Bertz CT molecular complexity index is 1190. The molecule has 0 aromatic heterocycles. The van der Waals surface area contributed by atoms with Gasteiger partial charge in [0.05, 0.1) is 18.5 Å². The van der Waals surface area contributed by atoms with E-state index in [0.717, 1.165) is 27.6 Å². The lowest BCUT2D eigenvalue weighted by Crippen LogP contribution is -2.33. The van der Waals surface area contributed by atoms with Gasteiger partial charge >= 0.3 is 0 Å². The molecule has 0 unspecified atom stereocenters. The standard InChI is InChI=1S/C25H30N2O4S/c1-19-13-14-20(2)23(18-19)27(32(3,29)30)16-7-12-25(28)26-15-17-31-24-11-6-9-21-8-4-5-10-22(21)24/h4-6,8-11,13-14,18H,7,12,15-17H2,1-3H3,(H,26,28). The molecule has 0 saturated heterocycles. The van der Waals surface area contributed by atoms with Crippen molar-refractivity contribution in [2.24, 2.45) is 0 Å². The van der Waals surface area contributed by atoms with Crippen LogP contribution in [0.15, 0.2) is 60.7 Å². The second-order valence-corrected chi connectivity index (χ2v) is 9.81. The summed E-state index contributed by atoms with van der Waals surface area (Å²) in [4.78, 5) is 12.2. The third-order valence-corrected chi connectivity index (χ3v) is 6.41. The van der Waals surface area contributed by atoms with Crippen LogP contribution in [0.4, 0.5) is 5.69 Å². The fourth-order valence-corrected chi connectivity index (χ4v) is 4.61. The van der Waals surface area contributed by atoms with Crippen molar-refractivity contribution in [2.45, 2.75) is 26.7 Å². The number of fused-ring (bicyclic) bond motifs is 1. The molecule has 0 aliphatic carbocycles. The van der Waals surface area contributed by atoms with Crippen molar-refractivity contribution in [2.75, 3.05) is 30.3 Å². The van der Waals surface area contributed by atoms with Crippen LogP contribution in [0.3, 0.4) is 0 Å². The van der Waals surface area contributed by atoms with E-state index in [1.54, 1.807) is 0 Å². The van der Waals surface area contributed by atoms with Gasteiger partial charge in [-0.3, -0.25) is 9.10 Å². The molecule has 0 fully saturated rings. The summed E-state index contributed by atoms with van der Waals surface area (Å²) in [6.07, 6.45) is 1.86. The Morgan fingerprint density at radius 3 is 2.56 bits per heavy atom. The van der Waals surface area contributed by atoms with Crippen LogP contribution in [0.2, 0.25) is 0 Å². The van der Waals surface area contributed by atoms with E-state index in [9.17, 15) is 13.2 Å². The number of amides is 1. The SMILES string of the molecule is Cc1ccc(C)c(N(CCCC(=O)NCCOc2cccc3ccccc23)S(C)(=O)=O)c1. The summed E-state index contributed by atoms with van der Waals surface area (Å²) in [6, 6.07) is 19.6. The third-order valence-electron chi connectivity index (χ3n) is 5.23. The fourth-order valence-electron chi connectivity index (χ4n) is 3.60. The maximum absolute atomic E-state index is 12.3. The Labute approximate surface area is 190 Å². The summed E-state index contributed by atoms with van der Waals surface area (Å²) in [5.74, 6) is 0.663. The lowest BCUT2D eigenvalue weighted by molar-refractivity contribution is -0.121. The van der Waals surface area contributed by atoms with E-state index < -0.39 is 10.0 Å². The monoisotopic (exact) mass is 454 g/mol. The first-order valence-electron chi connectivity index (χ1n) is 10.7. The van der Waals surface area contributed by atoms with Gasteiger partial charge in [-0.2, -0.15) is 0 Å². The smallest absolute Gasteiger partial charge is 0.232 e. The Kier molecular flexibility index (Phi) is 7.75. The molecule has 0 spiro atoms. The lowest BCUT2D eigenvalue weighted by atomic mass is 10.1. The molecule has 0 radical (unpaired) electrons. The molecule has 32 heavy (non-hydrogen) atoms. The molecule has 170 valence electrons. The highest BCUT2D eigenvalue weighted by molar-refractivity contribution is 7.92. The van der Waals surface area contributed by atoms with Crippen LogP contribution in [0.1, 0.15) is 24.0 Å². The van der Waals surface area contributed by atoms with Gasteiger partial charge in [-0.05, 0) is 48.9 Å². The van der Waals surface area contributed by atoms with Crippen LogP contribution in [0.25, 0.3) is 10.8 Å². The first kappa shape index (κ1) is 23.6. The summed E-state index contributed by atoms with van der Waals surface area (Å²) in [6.45, 7) is 4.81. The predicted octanol–water partition coefficient (Wildman–Crippen LogP) is 4.20. The fraction of sp³-hybridized carbons (Fsp3) is 0.320. The Hall–Kier alpha value is -3.06. The van der Waals surface area contributed by atoms with Gasteiger partial charge in [-0.1, -0.05) is 48.5 Å². The molecule has 7 heteroatoms. The maximum Gasteiger partial charge on any atom is 0.232 e. The van der Waals surface area contributed by atoms with Gasteiger partial charge in [0.2, 0.25) is 15.9 Å². The van der Waals surface area contributed by atoms with Crippen molar-refractivity contribution in [3.8, 4) is 5.75 Å². The van der Waals surface area contributed by atoms with Gasteiger partial charge in [-0.25, -0.2) is 8.42 Å². The van der Waals surface area contributed by atoms with Gasteiger partial charge in [0, 0.05) is 18.4 Å². The van der Waals surface area contributed by atoms with Gasteiger partial charge in [0.25, 0.3) is 0 Å². The Morgan fingerprint density at radius 1 is 1.03 bits per heavy atom. The van der Waals surface area contributed by atoms with Gasteiger partial charge in [-0.15, -0.1) is 0 Å². The zero-order valence-electron chi connectivity index (χ0n) is 18.8. The zero-order valence-corrected chi connectivity index (χ0v) is 19.6. The van der Waals surface area contributed by atoms with E-state index in [0.29, 0.717) is 25.3 Å². The summed E-state index contributed by atoms with van der Waals surface area (Å²) < 4.78 is 31.9. The quantitative estimate of drug-likeness (QED) is 0.466. The number of hydrogen-bond donors (Lipinski definition) is 1. The van der Waals surface area contributed by atoms with E-state index in [1.165, 1.54) is 10.6 Å². The van der Waals surface area contributed by atoms with Crippen molar-refractivity contribution >= 4 is 32.4 Å². The maximum atomic E-state index is 12.3. The van der Waals surface area contributed by atoms with E-state index in [4.69, 9.17) is 4.74 Å². The highest BCUT2D eigenvalue weighted by atomic mass is 32.2. The minimum atomic E-state index is -3.44. The normalized spacial score (nSPS) is 11.3. The molecule has 3 aromatic carbocycles. The van der Waals surface area contributed by atoms with Crippen molar-refractivity contribution < 1.29 is 17.9 Å². The topological polar surface area (TPSA) is 75.7 Å². The van der Waals surface area contributed by atoms with Crippen LogP contribution in [-0.2, 0) is 14.8 Å². The first-order valence-corrected chi connectivity index (χ1v) is 12.5. The molecular weight excluding hydrogens is 424 g/mol. The minimum Gasteiger partial charge on any atom is -0.491 e. The molecule has 0 bridgehead atoms. The summed E-state index contributed by atoms with van der Waals surface area (Å²) in [5.41, 5.74) is 2.54. The number of benzene rings is 3. The number of carbonyl (C=O) groups is 1. The molecule has 1 amide bonds. The highest BCUT2D eigenvalue weighted by Gasteiger charge is 2.19. The molecule has 1 N–H and O–H groups in total. The van der Waals surface area contributed by atoms with E-state index in [-0.39, 0.29) is 18.9 Å². The van der Waals surface area contributed by atoms with Gasteiger partial charge < -0.3 is 10.1 Å². The van der Waals surface area contributed by atoms with Crippen LogP contribution >= 0.6 is 0 Å². The predicted molar refractivity (Wildman–Crippen MR) is 130 cm³/mol. The first-order chi connectivity index (χ1) is 15.3. The highest BCUT2D eigenvalue weighted by Crippen LogP contribution is 2.25. The number of ether oxygens (including phenoxy) is 1. The zero-order chi connectivity index (χ0) is 23.1. The number of nitrogens with zero attached hydrogens (tertiary/aromatic N) is 1. The minimum absolute atomic E-state index is 0.124. The molecule has 0 aliphatic heterocycles. The number of carbonyl (C=O) groups excluding carboxylic acids is 1. The molecule has 6 nitrogen and oxygen atoms in total. The number of sulfonamides is 1.